The lowest BCUT2D eigenvalue weighted by molar-refractivity contribution is 0.0962. The standard InChI is InChI=1S/C27H20N6O5.C2H6/c1-38-22-8-4-17(12-19(22)13-28)26(36)31-21-15-30-33-11-10-32(27(37)24(21)33)20-6-2-16(3-7-20)25(35)18-5-9-23(34)29-14-18;1-2/h2-9,12,14-15H,10-11H2,1H3,(H,29,34)(H,31,36);1-2H3. The van der Waals surface area contributed by atoms with E-state index in [1.165, 1.54) is 54.5 Å². The van der Waals surface area contributed by atoms with Crippen molar-refractivity contribution in [3.63, 3.8) is 0 Å². The van der Waals surface area contributed by atoms with Crippen LogP contribution in [0.3, 0.4) is 0 Å². The molecule has 2 amide bonds. The Morgan fingerprint density at radius 1 is 1.00 bits per heavy atom. The minimum atomic E-state index is -0.505. The summed E-state index contributed by atoms with van der Waals surface area (Å²) >= 11 is 0. The van der Waals surface area contributed by atoms with E-state index >= 15 is 0 Å². The molecular weight excluding hydrogens is 512 g/mol. The van der Waals surface area contributed by atoms with E-state index in [0.717, 1.165) is 0 Å². The Hall–Kier alpha value is -5.50. The molecule has 40 heavy (non-hydrogen) atoms. The Balaban J connectivity index is 0.00000181. The fourth-order valence-electron chi connectivity index (χ4n) is 4.18. The van der Waals surface area contributed by atoms with Crippen molar-refractivity contribution >= 4 is 29.0 Å². The molecule has 2 aromatic carbocycles. The third-order valence-electron chi connectivity index (χ3n) is 6.14. The molecule has 1 aliphatic rings. The number of nitriles is 1. The van der Waals surface area contributed by atoms with Gasteiger partial charge < -0.3 is 19.9 Å². The molecule has 0 unspecified atom stereocenters. The molecule has 0 bridgehead atoms. The van der Waals surface area contributed by atoms with Crippen LogP contribution in [-0.2, 0) is 6.54 Å². The number of ether oxygens (including phenoxy) is 1. The number of nitrogens with zero attached hydrogens (tertiary/aromatic N) is 4. The quantitative estimate of drug-likeness (QED) is 0.356. The molecule has 0 radical (unpaired) electrons. The highest BCUT2D eigenvalue weighted by Gasteiger charge is 2.30. The van der Waals surface area contributed by atoms with E-state index in [4.69, 9.17) is 4.74 Å². The van der Waals surface area contributed by atoms with Gasteiger partial charge in [0.15, 0.2) is 5.78 Å². The van der Waals surface area contributed by atoms with Crippen LogP contribution in [0.15, 0.2) is 71.8 Å². The van der Waals surface area contributed by atoms with E-state index < -0.39 is 5.91 Å². The minimum absolute atomic E-state index is 0.210. The Morgan fingerprint density at radius 2 is 1.70 bits per heavy atom. The second-order valence-electron chi connectivity index (χ2n) is 8.39. The van der Waals surface area contributed by atoms with Crippen LogP contribution in [0.4, 0.5) is 11.4 Å². The van der Waals surface area contributed by atoms with Crippen LogP contribution in [0.2, 0.25) is 0 Å². The lowest BCUT2D eigenvalue weighted by Crippen LogP contribution is -2.41. The van der Waals surface area contributed by atoms with Gasteiger partial charge in [0.25, 0.3) is 11.8 Å². The fourth-order valence-corrected chi connectivity index (χ4v) is 4.18. The number of carbonyl (C=O) groups is 3. The number of aromatic nitrogens is 3. The highest BCUT2D eigenvalue weighted by atomic mass is 16.5. The van der Waals surface area contributed by atoms with Crippen molar-refractivity contribution in [1.82, 2.24) is 14.8 Å². The summed E-state index contributed by atoms with van der Waals surface area (Å²) in [6.07, 6.45) is 2.77. The molecule has 11 nitrogen and oxygen atoms in total. The largest absolute Gasteiger partial charge is 0.495 e. The number of hydrogen-bond acceptors (Lipinski definition) is 7. The van der Waals surface area contributed by atoms with Gasteiger partial charge in [0.2, 0.25) is 5.56 Å². The summed E-state index contributed by atoms with van der Waals surface area (Å²) < 4.78 is 6.64. The van der Waals surface area contributed by atoms with Gasteiger partial charge in [-0.1, -0.05) is 13.8 Å². The third-order valence-corrected chi connectivity index (χ3v) is 6.14. The molecule has 2 N–H and O–H groups in total. The van der Waals surface area contributed by atoms with Crippen LogP contribution in [0, 0.1) is 11.3 Å². The summed E-state index contributed by atoms with van der Waals surface area (Å²) in [5.74, 6) is -0.783. The monoisotopic (exact) mass is 538 g/mol. The number of H-pyrrole nitrogens is 1. The average Bonchev–Trinajstić information content (AvgIpc) is 3.41. The second kappa shape index (κ2) is 11.9. The summed E-state index contributed by atoms with van der Waals surface area (Å²) in [5.41, 5.74) is 1.91. The zero-order chi connectivity index (χ0) is 28.8. The van der Waals surface area contributed by atoms with E-state index in [0.29, 0.717) is 35.7 Å². The van der Waals surface area contributed by atoms with Gasteiger partial charge in [-0.05, 0) is 48.5 Å². The Morgan fingerprint density at radius 3 is 2.35 bits per heavy atom. The predicted molar refractivity (Wildman–Crippen MR) is 148 cm³/mol. The van der Waals surface area contributed by atoms with Crippen LogP contribution >= 0.6 is 0 Å². The first-order valence-corrected chi connectivity index (χ1v) is 12.5. The summed E-state index contributed by atoms with van der Waals surface area (Å²) in [5, 5.41) is 16.2. The smallest absolute Gasteiger partial charge is 0.278 e. The molecular formula is C29H26N6O5. The number of amides is 2. The van der Waals surface area contributed by atoms with Crippen molar-refractivity contribution in [2.75, 3.05) is 23.9 Å². The van der Waals surface area contributed by atoms with Crippen LogP contribution in [0.5, 0.6) is 5.75 Å². The van der Waals surface area contributed by atoms with Crippen molar-refractivity contribution in [1.29, 1.82) is 5.26 Å². The number of anilines is 2. The van der Waals surface area contributed by atoms with Crippen LogP contribution in [0.1, 0.15) is 56.2 Å². The topological polar surface area (TPSA) is 150 Å². The zero-order valence-electron chi connectivity index (χ0n) is 22.1. The molecule has 0 atom stereocenters. The van der Waals surface area contributed by atoms with Gasteiger partial charge >= 0.3 is 0 Å². The lowest BCUT2D eigenvalue weighted by atomic mass is 10.0. The van der Waals surface area contributed by atoms with Gasteiger partial charge in [0.05, 0.1) is 31.1 Å². The number of ketones is 1. The van der Waals surface area contributed by atoms with E-state index in [-0.39, 0.29) is 39.8 Å². The molecule has 0 aliphatic carbocycles. The van der Waals surface area contributed by atoms with Crippen molar-refractivity contribution in [2.24, 2.45) is 0 Å². The Labute approximate surface area is 229 Å². The van der Waals surface area contributed by atoms with Gasteiger partial charge in [0, 0.05) is 41.2 Å². The van der Waals surface area contributed by atoms with Gasteiger partial charge in [-0.15, -0.1) is 0 Å². The number of carbonyl (C=O) groups excluding carboxylic acids is 3. The van der Waals surface area contributed by atoms with Crippen molar-refractivity contribution in [2.45, 2.75) is 20.4 Å². The van der Waals surface area contributed by atoms with E-state index in [1.54, 1.807) is 29.2 Å². The summed E-state index contributed by atoms with van der Waals surface area (Å²) in [6, 6.07) is 15.7. The van der Waals surface area contributed by atoms with Crippen LogP contribution < -0.4 is 20.5 Å². The third kappa shape index (κ3) is 5.37. The van der Waals surface area contributed by atoms with E-state index in [2.05, 4.69) is 15.4 Å². The summed E-state index contributed by atoms with van der Waals surface area (Å²) in [7, 11) is 1.43. The maximum Gasteiger partial charge on any atom is 0.278 e. The first-order valence-electron chi connectivity index (χ1n) is 12.5. The van der Waals surface area contributed by atoms with Crippen molar-refractivity contribution in [3.05, 3.63) is 105 Å². The first kappa shape index (κ1) is 27.5. The number of fused-ring (bicyclic) bond motifs is 1. The molecule has 11 heteroatoms. The summed E-state index contributed by atoms with van der Waals surface area (Å²) in [4.78, 5) is 54.3. The molecule has 4 aromatic rings. The highest BCUT2D eigenvalue weighted by Crippen LogP contribution is 2.27. The van der Waals surface area contributed by atoms with Gasteiger partial charge in [-0.2, -0.15) is 10.4 Å². The molecule has 0 spiro atoms. The number of aromatic amines is 1. The number of benzene rings is 2. The average molecular weight is 539 g/mol. The highest BCUT2D eigenvalue weighted by molar-refractivity contribution is 6.13. The molecule has 3 heterocycles. The van der Waals surface area contributed by atoms with Gasteiger partial charge in [-0.25, -0.2) is 0 Å². The second-order valence-corrected chi connectivity index (χ2v) is 8.39. The number of hydrogen-bond donors (Lipinski definition) is 2. The van der Waals surface area contributed by atoms with Gasteiger partial charge in [-0.3, -0.25) is 23.9 Å². The zero-order valence-corrected chi connectivity index (χ0v) is 22.1. The van der Waals surface area contributed by atoms with Crippen molar-refractivity contribution < 1.29 is 19.1 Å². The molecule has 0 saturated carbocycles. The SMILES string of the molecule is CC.COc1ccc(C(=O)Nc2cnn3c2C(=O)N(c2ccc(C(=O)c4ccc(=O)[nH]c4)cc2)CC3)cc1C#N. The first-order chi connectivity index (χ1) is 19.4. The van der Waals surface area contributed by atoms with E-state index in [9.17, 15) is 24.4 Å². The fraction of sp³-hybridized carbons (Fsp3) is 0.172. The number of nitrogens with one attached hydrogen (secondary N) is 2. The predicted octanol–water partition coefficient (Wildman–Crippen LogP) is 3.62. The number of rotatable bonds is 6. The Bertz CT molecular complexity index is 1660. The lowest BCUT2D eigenvalue weighted by Gasteiger charge is -2.28. The maximum absolute atomic E-state index is 13.4. The summed E-state index contributed by atoms with van der Waals surface area (Å²) in [6.45, 7) is 4.74. The van der Waals surface area contributed by atoms with E-state index in [1.807, 2.05) is 19.9 Å². The van der Waals surface area contributed by atoms with Crippen LogP contribution in [0.25, 0.3) is 0 Å². The molecule has 2 aromatic heterocycles. The van der Waals surface area contributed by atoms with Gasteiger partial charge in [0.1, 0.15) is 17.5 Å². The number of methoxy groups -OCH3 is 1. The molecule has 202 valence electrons. The van der Waals surface area contributed by atoms with Crippen LogP contribution in [-0.4, -0.2) is 46.0 Å². The normalized spacial score (nSPS) is 11.9. The molecule has 0 saturated heterocycles. The molecule has 5 rings (SSSR count). The number of pyridine rings is 1. The molecule has 1 aliphatic heterocycles. The van der Waals surface area contributed by atoms with Crippen molar-refractivity contribution in [3.8, 4) is 11.8 Å². The minimum Gasteiger partial charge on any atom is -0.495 e. The maximum atomic E-state index is 13.4. The Kier molecular flexibility index (Phi) is 8.20. The molecule has 0 fully saturated rings.